The molecule has 14 atom stereocenters. The molecule has 32 heteroatoms. The normalized spacial score (nSPS) is 23.5. The number of para-hydroxylation sites is 1. The van der Waals surface area contributed by atoms with Crippen LogP contribution in [0.5, 0.6) is 5.75 Å². The number of primary amides is 2. The van der Waals surface area contributed by atoms with Gasteiger partial charge in [-0.25, -0.2) is 0 Å². The van der Waals surface area contributed by atoms with Crippen molar-refractivity contribution in [2.75, 3.05) is 20.1 Å². The minimum absolute atomic E-state index is 0.00889. The zero-order chi connectivity index (χ0) is 82.9. The fourth-order valence-corrected chi connectivity index (χ4v) is 12.3. The van der Waals surface area contributed by atoms with E-state index in [9.17, 15) is 81.8 Å². The molecule has 2 aromatic carbocycles. The molecular weight excluding hydrogens is 1420 g/mol. The molecule has 1 aromatic heterocycles. The van der Waals surface area contributed by atoms with Gasteiger partial charge in [-0.2, -0.15) is 0 Å². The predicted molar refractivity (Wildman–Crippen MR) is 413 cm³/mol. The number of ketones is 5. The largest absolute Gasteiger partial charge is 0.508 e. The Morgan fingerprint density at radius 1 is 0.591 bits per heavy atom. The van der Waals surface area contributed by atoms with Crippen LogP contribution < -0.4 is 75.7 Å². The molecule has 4 rings (SSSR count). The number of phenols is 1. The number of hydrogen-bond acceptors (Lipinski definition) is 20. The van der Waals surface area contributed by atoms with Crippen molar-refractivity contribution in [3.63, 3.8) is 0 Å². The highest BCUT2D eigenvalue weighted by Gasteiger charge is 2.41. The van der Waals surface area contributed by atoms with Crippen LogP contribution in [0.15, 0.2) is 66.9 Å². The van der Waals surface area contributed by atoms with E-state index in [2.05, 4.69) is 69.2 Å². The van der Waals surface area contributed by atoms with Gasteiger partial charge in [-0.1, -0.05) is 89.4 Å². The second-order valence-corrected chi connectivity index (χ2v) is 29.6. The van der Waals surface area contributed by atoms with Crippen LogP contribution in [0.1, 0.15) is 185 Å². The molecule has 0 bridgehead atoms. The van der Waals surface area contributed by atoms with Crippen molar-refractivity contribution in [3.05, 3.63) is 78.0 Å². The molecule has 110 heavy (non-hydrogen) atoms. The number of phenolic OH excluding ortho intramolecular Hbond substituents is 1. The summed E-state index contributed by atoms with van der Waals surface area (Å²) in [6.07, 6.45) is 8.89. The number of Topliss-reactive ketones (excluding diaryl/α,β-unsaturated/α-hetero) is 5. The van der Waals surface area contributed by atoms with E-state index in [0.717, 1.165) is 12.8 Å². The van der Waals surface area contributed by atoms with E-state index in [4.69, 9.17) is 11.5 Å². The highest BCUT2D eigenvalue weighted by Crippen LogP contribution is 2.31. The first-order valence-electron chi connectivity index (χ1n) is 37.7. The van der Waals surface area contributed by atoms with E-state index >= 15 is 0 Å². The number of aromatic nitrogens is 1. The summed E-state index contributed by atoms with van der Waals surface area (Å²) in [5.74, 6) is -14.8. The number of fused-ring (bicyclic) bond motifs is 1. The quantitative estimate of drug-likeness (QED) is 0.0399. The van der Waals surface area contributed by atoms with Gasteiger partial charge in [0.25, 0.3) is 0 Å². The predicted octanol–water partition coefficient (Wildman–Crippen LogP) is 1.43. The number of nitrogens with two attached hydrogens (primary N) is 3. The van der Waals surface area contributed by atoms with Crippen LogP contribution in [0, 0.1) is 23.2 Å². The van der Waals surface area contributed by atoms with Gasteiger partial charge < -0.3 is 85.8 Å². The minimum Gasteiger partial charge on any atom is -0.508 e. The van der Waals surface area contributed by atoms with E-state index < -0.39 is 178 Å². The molecule has 19 N–H and O–H groups in total. The lowest BCUT2D eigenvalue weighted by atomic mass is 9.79. The van der Waals surface area contributed by atoms with Gasteiger partial charge in [0.2, 0.25) is 88.1 Å². The Morgan fingerprint density at radius 3 is 1.73 bits per heavy atom. The summed E-state index contributed by atoms with van der Waals surface area (Å²) in [6.45, 7) is 18.8. The second-order valence-electron chi connectivity index (χ2n) is 29.6. The zero-order valence-electron chi connectivity index (χ0n) is 66.1. The highest BCUT2D eigenvalue weighted by molar-refractivity contribution is 6.41. The van der Waals surface area contributed by atoms with Crippen molar-refractivity contribution >= 4 is 105 Å². The third kappa shape index (κ3) is 30.8. The van der Waals surface area contributed by atoms with Gasteiger partial charge in [0.15, 0.2) is 0 Å². The lowest BCUT2D eigenvalue weighted by Crippen LogP contribution is -2.62. The molecular formula is C78H119N15O17. The topological polar surface area (TPSA) is 520 Å². The van der Waals surface area contributed by atoms with Crippen LogP contribution in [0.4, 0.5) is 0 Å². The van der Waals surface area contributed by atoms with Crippen molar-refractivity contribution in [1.29, 1.82) is 0 Å². The van der Waals surface area contributed by atoms with Gasteiger partial charge in [0.05, 0.1) is 35.5 Å². The summed E-state index contributed by atoms with van der Waals surface area (Å²) >= 11 is 0. The SMILES string of the molecule is CC(=O)C[C@]1(C)CCCCCC/C=C/CCC[C@@](C)(C(=O)NC(C)C(=O)N[C@@H](C)C(=O)NC(C)C(=O)N[C@@H](C)C(=O)C(=O)[C@H](C)NC[C@H](C)C(N)=O)NC(=O)[C@H](CC(C)C)CN[C@@H](CCC(N)=O)C(=O)C(=O)C(C)NC(=O)[C@H](Cc2c[nH]c3ccccc23)NC(=O)[C@H](Cc2ccc(O)cc2)NC(=O)C(C)NC1=O.CN. The van der Waals surface area contributed by atoms with Crippen LogP contribution in [0.3, 0.4) is 0 Å². The molecule has 0 saturated heterocycles. The lowest BCUT2D eigenvalue weighted by Gasteiger charge is -2.33. The summed E-state index contributed by atoms with van der Waals surface area (Å²) in [5, 5.41) is 40.3. The Kier molecular flexibility index (Phi) is 39.2. The number of amides is 11. The molecule has 11 amide bonds. The second kappa shape index (κ2) is 45.8. The molecule has 0 radical (unpaired) electrons. The molecule has 2 heterocycles. The number of nitrogens with one attached hydrogen (secondary N) is 12. The number of benzene rings is 2. The van der Waals surface area contributed by atoms with Crippen LogP contribution in [0.25, 0.3) is 10.9 Å². The van der Waals surface area contributed by atoms with Crippen molar-refractivity contribution in [2.24, 2.45) is 40.4 Å². The number of carbonyl (C=O) groups is 16. The number of carbonyl (C=O) groups excluding carboxylic acids is 16. The monoisotopic (exact) mass is 1540 g/mol. The van der Waals surface area contributed by atoms with Gasteiger partial charge in [-0.3, -0.25) is 76.7 Å². The van der Waals surface area contributed by atoms with E-state index in [0.29, 0.717) is 60.6 Å². The molecule has 0 spiro atoms. The Balaban J connectivity index is 0.0000155. The smallest absolute Gasteiger partial charge is 0.246 e. The number of rotatable bonds is 26. The highest BCUT2D eigenvalue weighted by atomic mass is 16.3. The summed E-state index contributed by atoms with van der Waals surface area (Å²) in [4.78, 5) is 222. The summed E-state index contributed by atoms with van der Waals surface area (Å²) in [7, 11) is 1.50. The summed E-state index contributed by atoms with van der Waals surface area (Å²) < 4.78 is 0. The zero-order valence-corrected chi connectivity index (χ0v) is 66.1. The average molecular weight is 1540 g/mol. The van der Waals surface area contributed by atoms with E-state index in [-0.39, 0.29) is 69.1 Å². The maximum atomic E-state index is 14.8. The molecule has 32 nitrogen and oxygen atoms in total. The van der Waals surface area contributed by atoms with Crippen molar-refractivity contribution in [2.45, 2.75) is 252 Å². The average Bonchev–Trinajstić information content (AvgIpc) is 0.979. The Hall–Kier alpha value is -10.1. The first kappa shape index (κ1) is 94.1. The van der Waals surface area contributed by atoms with Crippen LogP contribution in [0.2, 0.25) is 0 Å². The number of allylic oxidation sites excluding steroid dienone is 2. The maximum absolute atomic E-state index is 14.8. The first-order valence-corrected chi connectivity index (χ1v) is 37.7. The minimum atomic E-state index is -1.75. The third-order valence-corrected chi connectivity index (χ3v) is 19.2. The third-order valence-electron chi connectivity index (χ3n) is 19.2. The van der Waals surface area contributed by atoms with Crippen molar-refractivity contribution < 1.29 is 81.8 Å². The molecule has 608 valence electrons. The van der Waals surface area contributed by atoms with Gasteiger partial charge >= 0.3 is 0 Å². The Bertz CT molecular complexity index is 3750. The van der Waals surface area contributed by atoms with Gasteiger partial charge in [0.1, 0.15) is 53.3 Å². The molecule has 4 unspecified atom stereocenters. The Morgan fingerprint density at radius 2 is 1.14 bits per heavy atom. The fourth-order valence-electron chi connectivity index (χ4n) is 12.3. The number of aromatic amines is 1. The van der Waals surface area contributed by atoms with Crippen LogP contribution in [-0.2, 0) is 89.6 Å². The molecule has 0 fully saturated rings. The molecule has 1 aliphatic rings. The van der Waals surface area contributed by atoms with Gasteiger partial charge in [-0.15, -0.1) is 0 Å². The molecule has 3 aromatic rings. The van der Waals surface area contributed by atoms with E-state index in [1.807, 2.05) is 26.0 Å². The van der Waals surface area contributed by atoms with Crippen LogP contribution in [-0.4, -0.2) is 190 Å². The molecule has 0 aliphatic carbocycles. The summed E-state index contributed by atoms with van der Waals surface area (Å²) in [5.41, 5.74) is 14.1. The first-order chi connectivity index (χ1) is 51.7. The molecule has 0 saturated carbocycles. The maximum Gasteiger partial charge on any atom is 0.246 e. The number of H-pyrrole nitrogens is 1. The molecule has 1 aliphatic heterocycles. The van der Waals surface area contributed by atoms with E-state index in [1.165, 1.54) is 101 Å². The van der Waals surface area contributed by atoms with E-state index in [1.54, 1.807) is 37.4 Å². The van der Waals surface area contributed by atoms with Gasteiger partial charge in [-0.05, 0) is 156 Å². The Labute approximate surface area is 643 Å². The standard InChI is InChI=1S/C77H114N14O17.CH5N/c1-42(2)35-54-41-82-58(31-32-61(78)94)65(98)64(97)47(7)84-72(105)60(37-53-40-81-57-26-22-21-25-56(53)57)90-73(106)59(36-52-27-29-55(93)30-28-52)89-70(103)51(11)87-74(107)76(12,38-44(4)92)33-23-19-17-15-14-16-18-20-24-34-77(13,91-71(54)104)75(108)88-50(10)69(102)86-49(9)68(101)85-48(8)67(100)83-46(6)63(96)62(95)45(5)80-39-43(3)66(79)99;1-2/h16,18,21-22,25-30,40,42-43,45-51,54,58-60,80-82,93H,14-15,17,19-20,23-24,31-39,41H2,1-13H3,(H2,78,94)(H2,79,99)(H,83,100)(H,84,105)(H,85,101)(H,86,102)(H,87,107)(H,88,108)(H,89,103)(H,90,106)(H,91,104);2H2,1H3/b18-16+;/t43-,45-,46-,47?,48?,49-,50?,51?,54+,58-,59-,60-,76-,77-;/m0./s1. The number of aromatic hydroxyl groups is 1. The number of hydrogen-bond donors (Lipinski definition) is 16. The van der Waals surface area contributed by atoms with Crippen molar-refractivity contribution in [3.8, 4) is 5.75 Å². The van der Waals surface area contributed by atoms with Crippen LogP contribution >= 0.6 is 0 Å². The van der Waals surface area contributed by atoms with Gasteiger partial charge in [0, 0.05) is 61.8 Å². The fraction of sp³-hybridized carbons (Fsp3) is 0.590. The lowest BCUT2D eigenvalue weighted by molar-refractivity contribution is -0.140. The van der Waals surface area contributed by atoms with Crippen molar-refractivity contribution in [1.82, 2.24) is 63.5 Å². The summed E-state index contributed by atoms with van der Waals surface area (Å²) in [6, 6.07) is -0.551.